The van der Waals surface area contributed by atoms with E-state index >= 15 is 0 Å². The van der Waals surface area contributed by atoms with Gasteiger partial charge >= 0.3 is 0 Å². The number of thiophene rings is 1. The first-order valence-electron chi connectivity index (χ1n) is 5.75. The molecule has 2 aromatic heterocycles. The molecule has 0 radical (unpaired) electrons. The molecule has 0 atom stereocenters. The largest absolute Gasteiger partial charge is 0.467 e. The second-order valence-corrected chi connectivity index (χ2v) is 4.81. The Bertz CT molecular complexity index is 422. The first-order chi connectivity index (χ1) is 8.38. The molecule has 2 rings (SSSR count). The van der Waals surface area contributed by atoms with E-state index in [9.17, 15) is 0 Å². The minimum atomic E-state index is 0.532. The molecule has 4 heteroatoms. The summed E-state index contributed by atoms with van der Waals surface area (Å²) in [6, 6.07) is 6.14. The molecule has 0 aliphatic carbocycles. The van der Waals surface area contributed by atoms with Crippen LogP contribution in [0.15, 0.2) is 34.3 Å². The maximum Gasteiger partial charge on any atom is 0.129 e. The van der Waals surface area contributed by atoms with E-state index in [2.05, 4.69) is 23.7 Å². The smallest absolute Gasteiger partial charge is 0.129 e. The van der Waals surface area contributed by atoms with Crippen LogP contribution in [0, 0.1) is 0 Å². The average Bonchev–Trinajstić information content (AvgIpc) is 2.98. The van der Waals surface area contributed by atoms with E-state index in [0.717, 1.165) is 18.8 Å². The highest BCUT2D eigenvalue weighted by Gasteiger charge is 2.02. The second-order valence-electron chi connectivity index (χ2n) is 3.77. The summed E-state index contributed by atoms with van der Waals surface area (Å²) in [5.41, 5.74) is 1.17. The van der Waals surface area contributed by atoms with Crippen LogP contribution in [-0.4, -0.2) is 6.54 Å². The topological polar surface area (TPSA) is 34.4 Å². The number of rotatable bonds is 7. The number of ether oxygens (including phenoxy) is 1. The Hall–Kier alpha value is -1.10. The van der Waals surface area contributed by atoms with Gasteiger partial charge in [0.2, 0.25) is 0 Å². The minimum Gasteiger partial charge on any atom is -0.467 e. The van der Waals surface area contributed by atoms with E-state index in [1.54, 1.807) is 17.6 Å². The lowest BCUT2D eigenvalue weighted by molar-refractivity contribution is 0.0948. The van der Waals surface area contributed by atoms with Crippen LogP contribution in [0.3, 0.4) is 0 Å². The van der Waals surface area contributed by atoms with Crippen molar-refractivity contribution in [1.82, 2.24) is 5.32 Å². The summed E-state index contributed by atoms with van der Waals surface area (Å²) < 4.78 is 11.0. The molecule has 0 unspecified atom stereocenters. The normalized spacial score (nSPS) is 10.9. The van der Waals surface area contributed by atoms with Crippen LogP contribution < -0.4 is 5.32 Å². The predicted octanol–water partition coefficient (Wildman–Crippen LogP) is 3.17. The van der Waals surface area contributed by atoms with Gasteiger partial charge in [0.05, 0.1) is 12.9 Å². The Morgan fingerprint density at radius 1 is 1.41 bits per heavy atom. The van der Waals surface area contributed by atoms with Gasteiger partial charge in [-0.15, -0.1) is 11.3 Å². The monoisotopic (exact) mass is 251 g/mol. The third kappa shape index (κ3) is 4.00. The Kier molecular flexibility index (Phi) is 4.79. The van der Waals surface area contributed by atoms with Crippen molar-refractivity contribution in [2.75, 3.05) is 6.54 Å². The van der Waals surface area contributed by atoms with E-state index in [1.807, 2.05) is 12.1 Å². The number of hydrogen-bond acceptors (Lipinski definition) is 4. The van der Waals surface area contributed by atoms with Gasteiger partial charge in [-0.3, -0.25) is 0 Å². The van der Waals surface area contributed by atoms with E-state index in [-0.39, 0.29) is 0 Å². The molecule has 0 aliphatic heterocycles. The molecule has 0 spiro atoms. The maximum atomic E-state index is 5.58. The molecule has 0 bridgehead atoms. The van der Waals surface area contributed by atoms with Gasteiger partial charge < -0.3 is 14.5 Å². The van der Waals surface area contributed by atoms with Gasteiger partial charge in [0.15, 0.2) is 0 Å². The van der Waals surface area contributed by atoms with Crippen molar-refractivity contribution in [1.29, 1.82) is 0 Å². The van der Waals surface area contributed by atoms with Crippen molar-refractivity contribution in [2.24, 2.45) is 0 Å². The van der Waals surface area contributed by atoms with Gasteiger partial charge in [-0.05, 0) is 24.1 Å². The Morgan fingerprint density at radius 2 is 2.35 bits per heavy atom. The average molecular weight is 251 g/mol. The number of furan rings is 1. The fraction of sp³-hybridized carbons (Fsp3) is 0.385. The van der Waals surface area contributed by atoms with Crippen LogP contribution in [0.25, 0.3) is 0 Å². The van der Waals surface area contributed by atoms with Crippen molar-refractivity contribution < 1.29 is 9.15 Å². The number of hydrogen-bond donors (Lipinski definition) is 1. The molecule has 1 N–H and O–H groups in total. The van der Waals surface area contributed by atoms with E-state index < -0.39 is 0 Å². The van der Waals surface area contributed by atoms with Crippen LogP contribution in [0.1, 0.15) is 23.1 Å². The SMILES string of the molecule is CCNCc1coc(COCc2cccs2)c1. The maximum absolute atomic E-state index is 5.58. The summed E-state index contributed by atoms with van der Waals surface area (Å²) >= 11 is 1.71. The lowest BCUT2D eigenvalue weighted by Crippen LogP contribution is -2.10. The molecule has 92 valence electrons. The summed E-state index contributed by atoms with van der Waals surface area (Å²) in [5.74, 6) is 0.884. The molecule has 0 fully saturated rings. The molecule has 0 saturated heterocycles. The van der Waals surface area contributed by atoms with Gasteiger partial charge in [-0.1, -0.05) is 13.0 Å². The van der Waals surface area contributed by atoms with Crippen molar-refractivity contribution >= 4 is 11.3 Å². The Labute approximate surface area is 105 Å². The van der Waals surface area contributed by atoms with Gasteiger partial charge in [-0.25, -0.2) is 0 Å². The molecular weight excluding hydrogens is 234 g/mol. The standard InChI is InChI=1S/C13H17NO2S/c1-2-14-7-11-6-12(16-8-11)9-15-10-13-4-3-5-17-13/h3-6,8,14H,2,7,9-10H2,1H3. The summed E-state index contributed by atoms with van der Waals surface area (Å²) in [6.45, 7) is 5.09. The number of nitrogens with one attached hydrogen (secondary N) is 1. The Balaban J connectivity index is 1.73. The van der Waals surface area contributed by atoms with Crippen molar-refractivity contribution in [3.05, 3.63) is 46.0 Å². The molecule has 0 aliphatic rings. The fourth-order valence-electron chi connectivity index (χ4n) is 1.51. The molecule has 2 aromatic rings. The summed E-state index contributed by atoms with van der Waals surface area (Å²) in [6.07, 6.45) is 1.78. The first-order valence-corrected chi connectivity index (χ1v) is 6.63. The fourth-order valence-corrected chi connectivity index (χ4v) is 2.15. The van der Waals surface area contributed by atoms with Crippen LogP contribution in [-0.2, 0) is 24.5 Å². The van der Waals surface area contributed by atoms with E-state index in [4.69, 9.17) is 9.15 Å². The highest BCUT2D eigenvalue weighted by atomic mass is 32.1. The van der Waals surface area contributed by atoms with Crippen LogP contribution >= 0.6 is 11.3 Å². The predicted molar refractivity (Wildman–Crippen MR) is 68.9 cm³/mol. The minimum absolute atomic E-state index is 0.532. The third-order valence-electron chi connectivity index (χ3n) is 2.36. The second kappa shape index (κ2) is 6.59. The molecule has 0 amide bonds. The Morgan fingerprint density at radius 3 is 3.12 bits per heavy atom. The highest BCUT2D eigenvalue weighted by molar-refractivity contribution is 7.09. The summed E-state index contributed by atoms with van der Waals surface area (Å²) in [4.78, 5) is 1.24. The lowest BCUT2D eigenvalue weighted by atomic mass is 10.3. The molecular formula is C13H17NO2S. The molecule has 2 heterocycles. The van der Waals surface area contributed by atoms with E-state index in [1.165, 1.54) is 10.4 Å². The summed E-state index contributed by atoms with van der Waals surface area (Å²) in [7, 11) is 0. The third-order valence-corrected chi connectivity index (χ3v) is 3.21. The van der Waals surface area contributed by atoms with Gasteiger partial charge in [0, 0.05) is 17.0 Å². The molecule has 3 nitrogen and oxygen atoms in total. The zero-order valence-electron chi connectivity index (χ0n) is 9.94. The van der Waals surface area contributed by atoms with Gasteiger partial charge in [-0.2, -0.15) is 0 Å². The van der Waals surface area contributed by atoms with Crippen LogP contribution in [0.2, 0.25) is 0 Å². The van der Waals surface area contributed by atoms with Gasteiger partial charge in [0.1, 0.15) is 12.4 Å². The quantitative estimate of drug-likeness (QED) is 0.820. The first kappa shape index (κ1) is 12.4. The summed E-state index contributed by atoms with van der Waals surface area (Å²) in [5, 5.41) is 5.31. The van der Waals surface area contributed by atoms with Gasteiger partial charge in [0.25, 0.3) is 0 Å². The van der Waals surface area contributed by atoms with Crippen molar-refractivity contribution in [3.63, 3.8) is 0 Å². The molecule has 17 heavy (non-hydrogen) atoms. The zero-order chi connectivity index (χ0) is 11.9. The lowest BCUT2D eigenvalue weighted by Gasteiger charge is -1.99. The molecule has 0 aromatic carbocycles. The van der Waals surface area contributed by atoms with E-state index in [0.29, 0.717) is 13.2 Å². The highest BCUT2D eigenvalue weighted by Crippen LogP contribution is 2.13. The van der Waals surface area contributed by atoms with Crippen molar-refractivity contribution in [3.8, 4) is 0 Å². The zero-order valence-corrected chi connectivity index (χ0v) is 10.8. The van der Waals surface area contributed by atoms with Crippen LogP contribution in [0.5, 0.6) is 0 Å². The van der Waals surface area contributed by atoms with Crippen molar-refractivity contribution in [2.45, 2.75) is 26.7 Å². The van der Waals surface area contributed by atoms with Crippen LogP contribution in [0.4, 0.5) is 0 Å². The molecule has 0 saturated carbocycles.